The molecule has 1 aliphatic rings. The smallest absolute Gasteiger partial charge is 0.221 e. The fourth-order valence-corrected chi connectivity index (χ4v) is 3.29. The molecule has 22 heavy (non-hydrogen) atoms. The lowest BCUT2D eigenvalue weighted by Gasteiger charge is -2.19. The Bertz CT molecular complexity index is 639. The van der Waals surface area contributed by atoms with Gasteiger partial charge in [-0.25, -0.2) is 9.97 Å². The molecule has 1 aliphatic carbocycles. The van der Waals surface area contributed by atoms with E-state index in [0.29, 0.717) is 17.8 Å². The van der Waals surface area contributed by atoms with Crippen LogP contribution in [0.3, 0.4) is 0 Å². The first-order chi connectivity index (χ1) is 10.6. The maximum Gasteiger partial charge on any atom is 0.221 e. The Morgan fingerprint density at radius 3 is 2.77 bits per heavy atom. The van der Waals surface area contributed by atoms with Crippen molar-refractivity contribution in [3.63, 3.8) is 0 Å². The number of nitrogens with one attached hydrogen (secondary N) is 1. The Kier molecular flexibility index (Phi) is 4.21. The van der Waals surface area contributed by atoms with E-state index in [1.54, 1.807) is 12.4 Å². The summed E-state index contributed by atoms with van der Waals surface area (Å²) >= 11 is 1.44. The van der Waals surface area contributed by atoms with E-state index in [2.05, 4.69) is 20.3 Å². The standard InChI is InChI=1S/C13H17N5O3S/c14-13-16-4-7(12-15-1-2-22-12)11(18-13)17-8-3-6(5-19)9(20)10(8)21/h1-2,4,6,8-10,19-21H,3,5H2,(H3,14,16,17,18)/t6-,8-,9-,10+/m1/s1. The van der Waals surface area contributed by atoms with Crippen molar-refractivity contribution in [2.24, 2.45) is 5.92 Å². The van der Waals surface area contributed by atoms with Crippen molar-refractivity contribution in [2.45, 2.75) is 24.7 Å². The quantitative estimate of drug-likeness (QED) is 0.517. The third kappa shape index (κ3) is 2.75. The van der Waals surface area contributed by atoms with E-state index in [1.807, 2.05) is 5.38 Å². The molecule has 9 heteroatoms. The van der Waals surface area contributed by atoms with Crippen LogP contribution in [-0.2, 0) is 0 Å². The highest BCUT2D eigenvalue weighted by Crippen LogP contribution is 2.33. The summed E-state index contributed by atoms with van der Waals surface area (Å²) in [5, 5.41) is 34.9. The average molecular weight is 323 g/mol. The van der Waals surface area contributed by atoms with Gasteiger partial charge in [0.2, 0.25) is 5.95 Å². The summed E-state index contributed by atoms with van der Waals surface area (Å²) in [6, 6.07) is -0.430. The highest BCUT2D eigenvalue weighted by Gasteiger charge is 2.41. The average Bonchev–Trinajstić information content (AvgIpc) is 3.12. The Balaban J connectivity index is 1.88. The molecule has 0 bridgehead atoms. The topological polar surface area (TPSA) is 137 Å². The van der Waals surface area contributed by atoms with Crippen LogP contribution in [-0.4, -0.2) is 55.1 Å². The predicted molar refractivity (Wildman–Crippen MR) is 82.2 cm³/mol. The van der Waals surface area contributed by atoms with Crippen LogP contribution < -0.4 is 11.1 Å². The molecule has 0 saturated heterocycles. The zero-order valence-corrected chi connectivity index (χ0v) is 12.4. The molecule has 0 amide bonds. The van der Waals surface area contributed by atoms with Gasteiger partial charge in [-0.2, -0.15) is 4.98 Å². The second-order valence-electron chi connectivity index (χ2n) is 5.24. The number of aliphatic hydroxyl groups excluding tert-OH is 3. The van der Waals surface area contributed by atoms with Crippen molar-refractivity contribution in [1.82, 2.24) is 15.0 Å². The Labute approximate surface area is 130 Å². The summed E-state index contributed by atoms with van der Waals surface area (Å²) in [5.74, 6) is 0.196. The van der Waals surface area contributed by atoms with Gasteiger partial charge in [0, 0.05) is 30.3 Å². The fraction of sp³-hybridized carbons (Fsp3) is 0.462. The summed E-state index contributed by atoms with van der Waals surface area (Å²) in [6.07, 6.45) is 1.73. The number of hydrogen-bond acceptors (Lipinski definition) is 9. The van der Waals surface area contributed by atoms with Crippen LogP contribution in [0.4, 0.5) is 11.8 Å². The summed E-state index contributed by atoms with van der Waals surface area (Å²) in [4.78, 5) is 12.4. The predicted octanol–water partition coefficient (Wildman–Crippen LogP) is -0.303. The molecular weight excluding hydrogens is 306 g/mol. The fourth-order valence-electron chi connectivity index (χ4n) is 2.64. The van der Waals surface area contributed by atoms with Gasteiger partial charge in [-0.1, -0.05) is 0 Å². The molecule has 6 N–H and O–H groups in total. The van der Waals surface area contributed by atoms with E-state index >= 15 is 0 Å². The molecule has 1 saturated carbocycles. The molecule has 2 aromatic heterocycles. The first-order valence-corrected chi connectivity index (χ1v) is 7.74. The number of thiazole rings is 1. The monoisotopic (exact) mass is 323 g/mol. The van der Waals surface area contributed by atoms with Crippen LogP contribution in [0.1, 0.15) is 6.42 Å². The van der Waals surface area contributed by atoms with Gasteiger partial charge in [0.25, 0.3) is 0 Å². The molecule has 0 aliphatic heterocycles. The van der Waals surface area contributed by atoms with Crippen LogP contribution in [0, 0.1) is 5.92 Å². The third-order valence-electron chi connectivity index (χ3n) is 3.83. The van der Waals surface area contributed by atoms with Crippen molar-refractivity contribution in [3.8, 4) is 10.6 Å². The number of nitrogens with zero attached hydrogens (tertiary/aromatic N) is 3. The van der Waals surface area contributed by atoms with Crippen LogP contribution in [0.2, 0.25) is 0 Å². The molecule has 1 fully saturated rings. The van der Waals surface area contributed by atoms with Gasteiger partial charge >= 0.3 is 0 Å². The molecule has 2 heterocycles. The van der Waals surface area contributed by atoms with E-state index in [-0.39, 0.29) is 18.5 Å². The summed E-state index contributed by atoms with van der Waals surface area (Å²) in [7, 11) is 0. The minimum Gasteiger partial charge on any atom is -0.396 e. The van der Waals surface area contributed by atoms with Crippen LogP contribution in [0.15, 0.2) is 17.8 Å². The first-order valence-electron chi connectivity index (χ1n) is 6.86. The van der Waals surface area contributed by atoms with E-state index in [0.717, 1.165) is 5.01 Å². The number of aliphatic hydroxyl groups is 3. The number of aromatic nitrogens is 3. The summed E-state index contributed by atoms with van der Waals surface area (Å²) in [6.45, 7) is -0.179. The largest absolute Gasteiger partial charge is 0.396 e. The molecule has 4 atom stereocenters. The van der Waals surface area contributed by atoms with Crippen molar-refractivity contribution >= 4 is 23.1 Å². The molecule has 0 radical (unpaired) electrons. The Hall–Kier alpha value is -1.81. The van der Waals surface area contributed by atoms with E-state index in [9.17, 15) is 15.3 Å². The van der Waals surface area contributed by atoms with Gasteiger partial charge in [0.15, 0.2) is 0 Å². The number of nitrogen functional groups attached to an aromatic ring is 1. The number of rotatable bonds is 4. The highest BCUT2D eigenvalue weighted by atomic mass is 32.1. The number of nitrogens with two attached hydrogens (primary N) is 1. The third-order valence-corrected chi connectivity index (χ3v) is 4.63. The normalized spacial score (nSPS) is 28.0. The Morgan fingerprint density at radius 1 is 1.32 bits per heavy atom. The van der Waals surface area contributed by atoms with Gasteiger partial charge < -0.3 is 26.4 Å². The maximum atomic E-state index is 10.1. The van der Waals surface area contributed by atoms with E-state index in [1.165, 1.54) is 11.3 Å². The van der Waals surface area contributed by atoms with Gasteiger partial charge in [0.05, 0.1) is 17.7 Å². The van der Waals surface area contributed by atoms with Gasteiger partial charge in [-0.05, 0) is 6.42 Å². The maximum absolute atomic E-state index is 10.1. The lowest BCUT2D eigenvalue weighted by Crippen LogP contribution is -2.35. The summed E-state index contributed by atoms with van der Waals surface area (Å²) in [5.41, 5.74) is 6.32. The molecule has 8 nitrogen and oxygen atoms in total. The molecule has 3 rings (SSSR count). The number of anilines is 2. The van der Waals surface area contributed by atoms with Crippen LogP contribution in [0.5, 0.6) is 0 Å². The van der Waals surface area contributed by atoms with Crippen molar-refractivity contribution in [1.29, 1.82) is 0 Å². The Morgan fingerprint density at radius 2 is 2.14 bits per heavy atom. The van der Waals surface area contributed by atoms with Crippen molar-refractivity contribution in [3.05, 3.63) is 17.8 Å². The van der Waals surface area contributed by atoms with E-state index in [4.69, 9.17) is 5.73 Å². The SMILES string of the molecule is Nc1ncc(-c2nccs2)c(N[C@@H]2C[C@H](CO)[C@@H](O)[C@H]2O)n1. The molecule has 2 aromatic rings. The van der Waals surface area contributed by atoms with Gasteiger partial charge in [0.1, 0.15) is 16.9 Å². The molecular formula is C13H17N5O3S. The minimum absolute atomic E-state index is 0.106. The zero-order chi connectivity index (χ0) is 15.7. The highest BCUT2D eigenvalue weighted by molar-refractivity contribution is 7.13. The second kappa shape index (κ2) is 6.13. The number of hydrogen-bond donors (Lipinski definition) is 5. The van der Waals surface area contributed by atoms with Crippen LogP contribution >= 0.6 is 11.3 Å². The van der Waals surface area contributed by atoms with E-state index < -0.39 is 18.2 Å². The second-order valence-corrected chi connectivity index (χ2v) is 6.13. The van der Waals surface area contributed by atoms with Crippen molar-refractivity contribution < 1.29 is 15.3 Å². The molecule has 0 unspecified atom stereocenters. The lowest BCUT2D eigenvalue weighted by atomic mass is 10.1. The lowest BCUT2D eigenvalue weighted by molar-refractivity contribution is 0.00446. The van der Waals surface area contributed by atoms with Crippen molar-refractivity contribution in [2.75, 3.05) is 17.7 Å². The first kappa shape index (κ1) is 15.1. The summed E-state index contributed by atoms with van der Waals surface area (Å²) < 4.78 is 0. The molecule has 0 aromatic carbocycles. The minimum atomic E-state index is -0.988. The van der Waals surface area contributed by atoms with Crippen LogP contribution in [0.25, 0.3) is 10.6 Å². The molecule has 118 valence electrons. The zero-order valence-electron chi connectivity index (χ0n) is 11.6. The molecule has 0 spiro atoms. The van der Waals surface area contributed by atoms with Gasteiger partial charge in [-0.15, -0.1) is 11.3 Å². The van der Waals surface area contributed by atoms with Gasteiger partial charge in [-0.3, -0.25) is 0 Å².